The number of hydrogen-bond acceptors (Lipinski definition) is 5. The van der Waals surface area contributed by atoms with Crippen LogP contribution in [0.4, 0.5) is 13.2 Å². The average Bonchev–Trinajstić information content (AvgIpc) is 3.48. The normalized spacial score (nSPS) is 13.5. The first kappa shape index (κ1) is 26.5. The van der Waals surface area contributed by atoms with E-state index in [9.17, 15) is 23.5 Å². The SMILES string of the molecule is CC(C#N)(COc1cc(C#N)ccc1C(F)(F)F)NC([O-])=C1C=CC=C1.[Fe+2].c1cc[cH-]c1. The van der Waals surface area contributed by atoms with Gasteiger partial charge in [-0.25, -0.2) is 12.1 Å². The molecule has 1 atom stereocenters. The second-order valence-corrected chi connectivity index (χ2v) is 6.64. The minimum atomic E-state index is -4.69. The van der Waals surface area contributed by atoms with Crippen molar-refractivity contribution in [2.45, 2.75) is 18.6 Å². The third kappa shape index (κ3) is 7.63. The van der Waals surface area contributed by atoms with Crippen LogP contribution in [0.2, 0.25) is 0 Å². The van der Waals surface area contributed by atoms with Gasteiger partial charge in [-0.2, -0.15) is 41.9 Å². The number of benzene rings is 1. The van der Waals surface area contributed by atoms with Crippen molar-refractivity contribution in [1.29, 1.82) is 10.5 Å². The third-order valence-corrected chi connectivity index (χ3v) is 4.05. The van der Waals surface area contributed by atoms with E-state index in [1.165, 1.54) is 19.1 Å². The zero-order valence-electron chi connectivity index (χ0n) is 16.8. The second kappa shape index (κ2) is 11.8. The third-order valence-electron chi connectivity index (χ3n) is 4.05. The van der Waals surface area contributed by atoms with Gasteiger partial charge in [-0.1, -0.05) is 24.3 Å². The van der Waals surface area contributed by atoms with Crippen molar-refractivity contribution in [3.8, 4) is 17.9 Å². The minimum absolute atomic E-state index is 0. The molecular weight excluding hydrogens is 463 g/mol. The number of hydrogen-bond donors (Lipinski definition) is 1. The largest absolute Gasteiger partial charge is 2.00 e. The molecule has 1 aliphatic carbocycles. The number of halogens is 3. The predicted octanol–water partition coefficient (Wildman–Crippen LogP) is 3.93. The molecule has 3 rings (SSSR count). The Morgan fingerprint density at radius 3 is 2.25 bits per heavy atom. The molecule has 1 N–H and O–H groups in total. The van der Waals surface area contributed by atoms with E-state index in [4.69, 9.17) is 10.00 Å². The molecule has 5 nitrogen and oxygen atoms in total. The fourth-order valence-corrected chi connectivity index (χ4v) is 2.43. The fourth-order valence-electron chi connectivity index (χ4n) is 2.43. The first-order chi connectivity index (χ1) is 14.7. The van der Waals surface area contributed by atoms with Gasteiger partial charge in [0.2, 0.25) is 0 Å². The van der Waals surface area contributed by atoms with Crippen LogP contribution >= 0.6 is 0 Å². The minimum Gasteiger partial charge on any atom is -0.860 e. The molecule has 9 heteroatoms. The molecular formula is C23H18F3FeN3O2. The van der Waals surface area contributed by atoms with Crippen molar-refractivity contribution >= 4 is 0 Å². The molecule has 0 spiro atoms. The second-order valence-electron chi connectivity index (χ2n) is 6.64. The molecule has 0 saturated heterocycles. The van der Waals surface area contributed by atoms with Crippen LogP contribution in [0.25, 0.3) is 0 Å². The van der Waals surface area contributed by atoms with Crippen LogP contribution < -0.4 is 15.2 Å². The maximum absolute atomic E-state index is 13.1. The maximum Gasteiger partial charge on any atom is 2.00 e. The molecule has 2 aromatic carbocycles. The van der Waals surface area contributed by atoms with E-state index in [-0.39, 0.29) is 22.6 Å². The Morgan fingerprint density at radius 1 is 1.16 bits per heavy atom. The molecule has 32 heavy (non-hydrogen) atoms. The van der Waals surface area contributed by atoms with E-state index in [2.05, 4.69) is 5.32 Å². The Balaban J connectivity index is 0.000000750. The van der Waals surface area contributed by atoms with Crippen LogP contribution in [0.3, 0.4) is 0 Å². The van der Waals surface area contributed by atoms with Gasteiger partial charge < -0.3 is 15.2 Å². The number of nitriles is 2. The zero-order valence-corrected chi connectivity index (χ0v) is 17.9. The van der Waals surface area contributed by atoms with Gasteiger partial charge in [-0.05, 0) is 36.6 Å². The summed E-state index contributed by atoms with van der Waals surface area (Å²) in [5, 5.41) is 32.7. The van der Waals surface area contributed by atoms with E-state index in [0.29, 0.717) is 5.57 Å². The van der Waals surface area contributed by atoms with Crippen LogP contribution in [0.1, 0.15) is 18.1 Å². The molecule has 0 aromatic heterocycles. The summed E-state index contributed by atoms with van der Waals surface area (Å²) in [5.74, 6) is -1.13. The summed E-state index contributed by atoms with van der Waals surface area (Å²) in [6.07, 6.45) is 1.65. The molecule has 1 aliphatic rings. The van der Waals surface area contributed by atoms with Gasteiger partial charge in [0.15, 0.2) is 5.54 Å². The molecule has 0 fully saturated rings. The predicted molar refractivity (Wildman–Crippen MR) is 106 cm³/mol. The summed E-state index contributed by atoms with van der Waals surface area (Å²) < 4.78 is 44.4. The van der Waals surface area contributed by atoms with Crippen LogP contribution in [0, 0.1) is 22.7 Å². The Kier molecular flexibility index (Phi) is 9.74. The van der Waals surface area contributed by atoms with Crippen LogP contribution in [-0.4, -0.2) is 12.1 Å². The Labute approximate surface area is 194 Å². The summed E-state index contributed by atoms with van der Waals surface area (Å²) in [5.41, 5.74) is -2.35. The topological polar surface area (TPSA) is 91.9 Å². The molecule has 0 saturated carbocycles. The van der Waals surface area contributed by atoms with Crippen molar-refractivity contribution in [2.24, 2.45) is 0 Å². The number of rotatable bonds is 5. The van der Waals surface area contributed by atoms with E-state index in [1.54, 1.807) is 18.2 Å². The number of allylic oxidation sites excluding steroid dienone is 5. The van der Waals surface area contributed by atoms with E-state index in [1.807, 2.05) is 36.4 Å². The number of nitrogens with one attached hydrogen (secondary N) is 1. The van der Waals surface area contributed by atoms with Gasteiger partial charge in [0.25, 0.3) is 0 Å². The number of nitrogens with zero attached hydrogens (tertiary/aromatic N) is 2. The Bertz CT molecular complexity index is 1030. The standard InChI is InChI=1S/C18H14F3N3O2.C5H5.Fe/c1-17(10-23,24-16(25)13-4-2-3-5-13)11-26-15-8-12(9-22)6-7-14(15)18(19,20)21;1-2-4-5-3-1;/h2-8,24-25H,11H2,1H3;1-5H;/q;-1;+2/p-1. The van der Waals surface area contributed by atoms with E-state index in [0.717, 1.165) is 18.2 Å². The quantitative estimate of drug-likeness (QED) is 0.397. The number of alkyl halides is 3. The molecule has 0 aliphatic heterocycles. The van der Waals surface area contributed by atoms with Gasteiger partial charge in [0, 0.05) is 0 Å². The van der Waals surface area contributed by atoms with Gasteiger partial charge in [0.1, 0.15) is 12.4 Å². The van der Waals surface area contributed by atoms with Crippen LogP contribution in [-0.2, 0) is 23.2 Å². The van der Waals surface area contributed by atoms with Crippen LogP contribution in [0.5, 0.6) is 5.75 Å². The fraction of sp³-hybridized carbons (Fsp3) is 0.174. The molecule has 0 radical (unpaired) electrons. The van der Waals surface area contributed by atoms with Crippen molar-refractivity contribution in [3.63, 3.8) is 0 Å². The van der Waals surface area contributed by atoms with Gasteiger partial charge in [0.05, 0.1) is 23.3 Å². The van der Waals surface area contributed by atoms with Crippen molar-refractivity contribution in [3.05, 3.63) is 95.4 Å². The Hall–Kier alpha value is -3.52. The summed E-state index contributed by atoms with van der Waals surface area (Å²) in [7, 11) is 0. The summed E-state index contributed by atoms with van der Waals surface area (Å²) >= 11 is 0. The molecule has 0 amide bonds. The molecule has 0 heterocycles. The van der Waals surface area contributed by atoms with Gasteiger partial charge in [-0.3, -0.25) is 0 Å². The van der Waals surface area contributed by atoms with Crippen molar-refractivity contribution in [2.75, 3.05) is 6.61 Å². The maximum atomic E-state index is 13.1. The van der Waals surface area contributed by atoms with E-state index >= 15 is 0 Å². The van der Waals surface area contributed by atoms with E-state index < -0.39 is 35.5 Å². The Morgan fingerprint density at radius 2 is 1.78 bits per heavy atom. The summed E-state index contributed by atoms with van der Waals surface area (Å²) in [6, 6.07) is 16.3. The van der Waals surface area contributed by atoms with Crippen LogP contribution in [0.15, 0.2) is 84.3 Å². The molecule has 1 unspecified atom stereocenters. The van der Waals surface area contributed by atoms with Gasteiger partial charge >= 0.3 is 23.2 Å². The van der Waals surface area contributed by atoms with Gasteiger partial charge in [-0.15, -0.1) is 0 Å². The molecule has 2 aromatic rings. The summed E-state index contributed by atoms with van der Waals surface area (Å²) in [6.45, 7) is 0.795. The monoisotopic (exact) mass is 481 g/mol. The van der Waals surface area contributed by atoms with Crippen molar-refractivity contribution in [1.82, 2.24) is 5.32 Å². The summed E-state index contributed by atoms with van der Waals surface area (Å²) in [4.78, 5) is 0. The smallest absolute Gasteiger partial charge is 0.860 e. The first-order valence-corrected chi connectivity index (χ1v) is 9.05. The van der Waals surface area contributed by atoms with Crippen molar-refractivity contribution < 1.29 is 40.1 Å². The molecule has 166 valence electrons. The number of ether oxygens (including phenoxy) is 1. The average molecular weight is 481 g/mol. The zero-order chi connectivity index (χ0) is 22.9. The first-order valence-electron chi connectivity index (χ1n) is 9.05. The molecule has 0 bridgehead atoms.